The zero-order chi connectivity index (χ0) is 9.84. The van der Waals surface area contributed by atoms with Gasteiger partial charge in [0.15, 0.2) is 0 Å². The molecule has 70 valence electrons. The van der Waals surface area contributed by atoms with E-state index in [0.29, 0.717) is 11.7 Å². The molecule has 0 saturated heterocycles. The minimum absolute atomic E-state index is 0.506. The van der Waals surface area contributed by atoms with E-state index >= 15 is 0 Å². The smallest absolute Gasteiger partial charge is 0.137 e. The van der Waals surface area contributed by atoms with E-state index in [9.17, 15) is 0 Å². The van der Waals surface area contributed by atoms with Gasteiger partial charge < -0.3 is 4.74 Å². The number of pyridine rings is 1. The number of methoxy groups -OCH3 is 1. The Morgan fingerprint density at radius 3 is 2.77 bits per heavy atom. The van der Waals surface area contributed by atoms with Crippen molar-refractivity contribution < 1.29 is 4.74 Å². The fourth-order valence-electron chi connectivity index (χ4n) is 1.06. The number of rotatable bonds is 3. The number of ether oxygens (including phenoxy) is 1. The molecule has 0 atom stereocenters. The molecule has 0 amide bonds. The van der Waals surface area contributed by atoms with Crippen LogP contribution in [0.4, 0.5) is 0 Å². The first-order valence-electron chi connectivity index (χ1n) is 4.34. The van der Waals surface area contributed by atoms with E-state index < -0.39 is 0 Å². The third kappa shape index (κ3) is 2.31. The quantitative estimate of drug-likeness (QED) is 0.662. The molecule has 1 aromatic heterocycles. The lowest BCUT2D eigenvalue weighted by atomic mass is 10.0. The third-order valence-electron chi connectivity index (χ3n) is 1.98. The molecule has 0 bridgehead atoms. The summed E-state index contributed by atoms with van der Waals surface area (Å²) < 4.78 is 5.01. The molecule has 0 unspecified atom stereocenters. The van der Waals surface area contributed by atoms with Crippen molar-refractivity contribution in [3.05, 3.63) is 36.2 Å². The van der Waals surface area contributed by atoms with Crippen molar-refractivity contribution in [1.82, 2.24) is 4.98 Å². The van der Waals surface area contributed by atoms with E-state index in [-0.39, 0.29) is 0 Å². The molecule has 13 heavy (non-hydrogen) atoms. The Morgan fingerprint density at radius 1 is 1.54 bits per heavy atom. The summed E-state index contributed by atoms with van der Waals surface area (Å²) in [7, 11) is 1.60. The van der Waals surface area contributed by atoms with Gasteiger partial charge in [-0.1, -0.05) is 20.4 Å². The molecule has 0 spiro atoms. The molecule has 1 rings (SSSR count). The lowest BCUT2D eigenvalue weighted by Gasteiger charge is -2.08. The fraction of sp³-hybridized carbons (Fsp3) is 0.364. The average Bonchev–Trinajstić information content (AvgIpc) is 2.17. The second-order valence-electron chi connectivity index (χ2n) is 3.26. The van der Waals surface area contributed by atoms with Gasteiger partial charge in [0.2, 0.25) is 0 Å². The molecule has 2 nitrogen and oxygen atoms in total. The highest BCUT2D eigenvalue weighted by Gasteiger charge is 2.03. The highest BCUT2D eigenvalue weighted by Crippen LogP contribution is 2.17. The standard InChI is InChI=1S/C11H15NO/c1-8(2)10-5-6-12-11(7-10)9(3)13-4/h5-8H,3H2,1-2,4H3. The summed E-state index contributed by atoms with van der Waals surface area (Å²) >= 11 is 0. The summed E-state index contributed by atoms with van der Waals surface area (Å²) in [5, 5.41) is 0. The normalized spacial score (nSPS) is 10.2. The Hall–Kier alpha value is -1.31. The summed E-state index contributed by atoms with van der Waals surface area (Å²) in [5.74, 6) is 1.12. The number of hydrogen-bond acceptors (Lipinski definition) is 2. The molecular weight excluding hydrogens is 162 g/mol. The van der Waals surface area contributed by atoms with Crippen molar-refractivity contribution in [1.29, 1.82) is 0 Å². The van der Waals surface area contributed by atoms with E-state index in [1.54, 1.807) is 13.3 Å². The molecule has 0 aliphatic rings. The third-order valence-corrected chi connectivity index (χ3v) is 1.98. The van der Waals surface area contributed by atoms with E-state index in [0.717, 1.165) is 5.69 Å². The van der Waals surface area contributed by atoms with Gasteiger partial charge in [0.1, 0.15) is 11.5 Å². The molecule has 0 radical (unpaired) electrons. The molecule has 0 aromatic carbocycles. The van der Waals surface area contributed by atoms with Crippen LogP contribution in [0.3, 0.4) is 0 Å². The Kier molecular flexibility index (Phi) is 3.07. The van der Waals surface area contributed by atoms with Gasteiger partial charge in [0.25, 0.3) is 0 Å². The van der Waals surface area contributed by atoms with Gasteiger partial charge in [-0.25, -0.2) is 0 Å². The highest BCUT2D eigenvalue weighted by atomic mass is 16.5. The van der Waals surface area contributed by atoms with Crippen LogP contribution in [-0.2, 0) is 4.74 Å². The van der Waals surface area contributed by atoms with Crippen LogP contribution >= 0.6 is 0 Å². The van der Waals surface area contributed by atoms with Gasteiger partial charge in [-0.05, 0) is 23.6 Å². The molecule has 0 saturated carbocycles. The van der Waals surface area contributed by atoms with Crippen molar-refractivity contribution in [3.63, 3.8) is 0 Å². The van der Waals surface area contributed by atoms with Crippen LogP contribution in [-0.4, -0.2) is 12.1 Å². The summed E-state index contributed by atoms with van der Waals surface area (Å²) in [6.07, 6.45) is 1.79. The topological polar surface area (TPSA) is 22.1 Å². The molecule has 2 heteroatoms. The first-order chi connectivity index (χ1) is 6.15. The van der Waals surface area contributed by atoms with Crippen LogP contribution in [0.15, 0.2) is 24.9 Å². The van der Waals surface area contributed by atoms with Crippen molar-refractivity contribution in [2.24, 2.45) is 0 Å². The molecule has 1 heterocycles. The van der Waals surface area contributed by atoms with E-state index in [2.05, 4.69) is 25.4 Å². The van der Waals surface area contributed by atoms with Gasteiger partial charge >= 0.3 is 0 Å². The van der Waals surface area contributed by atoms with E-state index in [1.807, 2.05) is 12.1 Å². The maximum atomic E-state index is 5.01. The first-order valence-corrected chi connectivity index (χ1v) is 4.34. The predicted molar refractivity (Wildman–Crippen MR) is 54.4 cm³/mol. The zero-order valence-corrected chi connectivity index (χ0v) is 8.37. The second-order valence-corrected chi connectivity index (χ2v) is 3.26. The average molecular weight is 177 g/mol. The zero-order valence-electron chi connectivity index (χ0n) is 8.37. The Morgan fingerprint density at radius 2 is 2.23 bits per heavy atom. The predicted octanol–water partition coefficient (Wildman–Crippen LogP) is 2.82. The molecule has 0 N–H and O–H groups in total. The lowest BCUT2D eigenvalue weighted by Crippen LogP contribution is -1.94. The minimum atomic E-state index is 0.506. The summed E-state index contributed by atoms with van der Waals surface area (Å²) in [6, 6.07) is 4.02. The lowest BCUT2D eigenvalue weighted by molar-refractivity contribution is 0.369. The molecule has 0 aliphatic carbocycles. The maximum Gasteiger partial charge on any atom is 0.137 e. The van der Waals surface area contributed by atoms with Gasteiger partial charge in [-0.3, -0.25) is 4.98 Å². The van der Waals surface area contributed by atoms with Crippen LogP contribution in [0.5, 0.6) is 0 Å². The van der Waals surface area contributed by atoms with Crippen molar-refractivity contribution in [3.8, 4) is 0 Å². The largest absolute Gasteiger partial charge is 0.495 e. The van der Waals surface area contributed by atoms with Crippen LogP contribution in [0.2, 0.25) is 0 Å². The number of hydrogen-bond donors (Lipinski definition) is 0. The fourth-order valence-corrected chi connectivity index (χ4v) is 1.06. The highest BCUT2D eigenvalue weighted by molar-refractivity contribution is 5.53. The summed E-state index contributed by atoms with van der Waals surface area (Å²) in [6.45, 7) is 8.05. The maximum absolute atomic E-state index is 5.01. The van der Waals surface area contributed by atoms with Crippen LogP contribution < -0.4 is 0 Å². The summed E-state index contributed by atoms with van der Waals surface area (Å²) in [5.41, 5.74) is 2.07. The minimum Gasteiger partial charge on any atom is -0.495 e. The van der Waals surface area contributed by atoms with Gasteiger partial charge in [0, 0.05) is 6.20 Å². The molecule has 0 aliphatic heterocycles. The van der Waals surface area contributed by atoms with Crippen molar-refractivity contribution >= 4 is 5.76 Å². The van der Waals surface area contributed by atoms with Crippen LogP contribution in [0.1, 0.15) is 31.0 Å². The first kappa shape index (κ1) is 9.78. The van der Waals surface area contributed by atoms with E-state index in [1.165, 1.54) is 5.56 Å². The Labute approximate surface area is 79.3 Å². The van der Waals surface area contributed by atoms with Gasteiger partial charge in [-0.15, -0.1) is 0 Å². The second kappa shape index (κ2) is 4.08. The van der Waals surface area contributed by atoms with Gasteiger partial charge in [0.05, 0.1) is 7.11 Å². The molecule has 0 fully saturated rings. The van der Waals surface area contributed by atoms with Gasteiger partial charge in [-0.2, -0.15) is 0 Å². The Balaban J connectivity index is 2.98. The van der Waals surface area contributed by atoms with Crippen LogP contribution in [0.25, 0.3) is 5.76 Å². The monoisotopic (exact) mass is 177 g/mol. The van der Waals surface area contributed by atoms with Crippen molar-refractivity contribution in [2.45, 2.75) is 19.8 Å². The molecular formula is C11H15NO. The summed E-state index contributed by atoms with van der Waals surface area (Å²) in [4.78, 5) is 4.17. The van der Waals surface area contributed by atoms with Crippen LogP contribution in [0, 0.1) is 0 Å². The SMILES string of the molecule is C=C(OC)c1cc(C(C)C)ccn1. The van der Waals surface area contributed by atoms with E-state index in [4.69, 9.17) is 4.74 Å². The molecule has 1 aromatic rings. The van der Waals surface area contributed by atoms with Crippen molar-refractivity contribution in [2.75, 3.05) is 7.11 Å². The Bertz CT molecular complexity index is 305. The number of aromatic nitrogens is 1. The number of nitrogens with zero attached hydrogens (tertiary/aromatic N) is 1.